The van der Waals surface area contributed by atoms with Gasteiger partial charge in [0.2, 0.25) is 11.8 Å². The van der Waals surface area contributed by atoms with E-state index >= 15 is 0 Å². The third-order valence-electron chi connectivity index (χ3n) is 2.88. The first kappa shape index (κ1) is 13.0. The second-order valence-corrected chi connectivity index (χ2v) is 5.31. The predicted molar refractivity (Wildman–Crippen MR) is 72.3 cm³/mol. The minimum atomic E-state index is -0.403. The first-order valence-electron chi connectivity index (χ1n) is 5.86. The Morgan fingerprint density at radius 2 is 2.28 bits per heavy atom. The van der Waals surface area contributed by atoms with Gasteiger partial charge in [0.05, 0.1) is 5.75 Å². The van der Waals surface area contributed by atoms with Gasteiger partial charge >= 0.3 is 0 Å². The van der Waals surface area contributed by atoms with Gasteiger partial charge < -0.3 is 10.6 Å². The highest BCUT2D eigenvalue weighted by Crippen LogP contribution is 2.10. The highest BCUT2D eigenvalue weighted by molar-refractivity contribution is 8.00. The molecule has 0 aliphatic carbocycles. The van der Waals surface area contributed by atoms with E-state index in [1.807, 2.05) is 31.2 Å². The van der Waals surface area contributed by atoms with E-state index in [9.17, 15) is 9.59 Å². The van der Waals surface area contributed by atoms with Crippen LogP contribution < -0.4 is 10.6 Å². The van der Waals surface area contributed by atoms with Gasteiger partial charge in [0.15, 0.2) is 0 Å². The zero-order valence-electron chi connectivity index (χ0n) is 10.2. The van der Waals surface area contributed by atoms with Crippen LogP contribution in [0, 0.1) is 6.92 Å². The molecule has 96 valence electrons. The van der Waals surface area contributed by atoms with Crippen LogP contribution in [0.3, 0.4) is 0 Å². The molecular weight excluding hydrogens is 248 g/mol. The van der Waals surface area contributed by atoms with Gasteiger partial charge in [-0.15, -0.1) is 11.8 Å². The van der Waals surface area contributed by atoms with E-state index in [0.29, 0.717) is 18.1 Å². The Bertz CT molecular complexity index is 462. The number of benzene rings is 1. The van der Waals surface area contributed by atoms with Gasteiger partial charge in [-0.1, -0.05) is 24.3 Å². The lowest BCUT2D eigenvalue weighted by atomic mass is 10.1. The summed E-state index contributed by atoms with van der Waals surface area (Å²) in [6, 6.07) is 7.52. The van der Waals surface area contributed by atoms with Crippen molar-refractivity contribution >= 4 is 23.6 Å². The van der Waals surface area contributed by atoms with Gasteiger partial charge in [0, 0.05) is 12.3 Å². The van der Waals surface area contributed by atoms with Crippen LogP contribution in [0.4, 0.5) is 0 Å². The molecular formula is C13H16N2O2S. The fraction of sp³-hybridized carbons (Fsp3) is 0.385. The second kappa shape index (κ2) is 5.91. The smallest absolute Gasteiger partial charge is 0.243 e. The molecule has 5 heteroatoms. The number of thioether (sulfide) groups is 1. The number of nitrogens with one attached hydrogen (secondary N) is 2. The predicted octanol–water partition coefficient (Wildman–Crippen LogP) is 0.843. The van der Waals surface area contributed by atoms with Crippen molar-refractivity contribution in [1.82, 2.24) is 10.6 Å². The van der Waals surface area contributed by atoms with Crippen molar-refractivity contribution in [2.75, 3.05) is 11.5 Å². The first-order chi connectivity index (χ1) is 8.66. The minimum Gasteiger partial charge on any atom is -0.350 e. The van der Waals surface area contributed by atoms with Crippen LogP contribution >= 0.6 is 11.8 Å². The summed E-state index contributed by atoms with van der Waals surface area (Å²) in [6.45, 7) is 2.52. The third-order valence-corrected chi connectivity index (χ3v) is 3.92. The number of carbonyl (C=O) groups excluding carboxylic acids is 2. The maximum absolute atomic E-state index is 11.9. The first-order valence-corrected chi connectivity index (χ1v) is 7.01. The zero-order chi connectivity index (χ0) is 13.0. The molecule has 1 fully saturated rings. The number of aryl methyl sites for hydroxylation is 1. The molecule has 2 rings (SSSR count). The molecule has 18 heavy (non-hydrogen) atoms. The standard InChI is InChI=1S/C13H16N2O2S/c1-9-4-2-3-5-10(9)6-14-13(17)11-7-18-8-12(16)15-11/h2-5,11H,6-8H2,1H3,(H,14,17)(H,15,16). The fourth-order valence-electron chi connectivity index (χ4n) is 1.80. The van der Waals surface area contributed by atoms with Gasteiger partial charge in [-0.3, -0.25) is 9.59 Å². The summed E-state index contributed by atoms with van der Waals surface area (Å²) < 4.78 is 0. The van der Waals surface area contributed by atoms with Crippen molar-refractivity contribution in [2.24, 2.45) is 0 Å². The number of amides is 2. The van der Waals surface area contributed by atoms with E-state index in [2.05, 4.69) is 10.6 Å². The molecule has 1 aliphatic heterocycles. The van der Waals surface area contributed by atoms with Gasteiger partial charge in [-0.25, -0.2) is 0 Å². The summed E-state index contributed by atoms with van der Waals surface area (Å²) in [7, 11) is 0. The van der Waals surface area contributed by atoms with Gasteiger partial charge in [0.25, 0.3) is 0 Å². The van der Waals surface area contributed by atoms with E-state index in [1.54, 1.807) is 0 Å². The van der Waals surface area contributed by atoms with Crippen molar-refractivity contribution in [3.05, 3.63) is 35.4 Å². The van der Waals surface area contributed by atoms with Crippen molar-refractivity contribution in [2.45, 2.75) is 19.5 Å². The lowest BCUT2D eigenvalue weighted by Gasteiger charge is -2.22. The van der Waals surface area contributed by atoms with Crippen LogP contribution in [0.25, 0.3) is 0 Å². The molecule has 0 bridgehead atoms. The molecule has 0 spiro atoms. The van der Waals surface area contributed by atoms with Crippen molar-refractivity contribution in [3.8, 4) is 0 Å². The van der Waals surface area contributed by atoms with E-state index in [-0.39, 0.29) is 11.8 Å². The molecule has 1 atom stereocenters. The number of hydrogen-bond donors (Lipinski definition) is 2. The number of hydrogen-bond acceptors (Lipinski definition) is 3. The number of carbonyl (C=O) groups is 2. The van der Waals surface area contributed by atoms with Crippen molar-refractivity contribution in [1.29, 1.82) is 0 Å². The Morgan fingerprint density at radius 3 is 3.00 bits per heavy atom. The molecule has 1 aliphatic rings. The quantitative estimate of drug-likeness (QED) is 0.850. The fourth-order valence-corrected chi connectivity index (χ4v) is 2.66. The van der Waals surface area contributed by atoms with E-state index in [1.165, 1.54) is 11.8 Å². The topological polar surface area (TPSA) is 58.2 Å². The summed E-state index contributed by atoms with van der Waals surface area (Å²) in [5.74, 6) is 0.911. The van der Waals surface area contributed by atoms with E-state index < -0.39 is 6.04 Å². The van der Waals surface area contributed by atoms with Crippen LogP contribution in [0.1, 0.15) is 11.1 Å². The Labute approximate surface area is 111 Å². The molecule has 0 aromatic heterocycles. The summed E-state index contributed by atoms with van der Waals surface area (Å²) >= 11 is 1.49. The van der Waals surface area contributed by atoms with Crippen LogP contribution in [0.15, 0.2) is 24.3 Å². The SMILES string of the molecule is Cc1ccccc1CNC(=O)C1CSCC(=O)N1. The van der Waals surface area contributed by atoms with E-state index in [0.717, 1.165) is 11.1 Å². The molecule has 2 N–H and O–H groups in total. The lowest BCUT2D eigenvalue weighted by Crippen LogP contribution is -2.51. The monoisotopic (exact) mass is 264 g/mol. The Hall–Kier alpha value is -1.49. The summed E-state index contributed by atoms with van der Waals surface area (Å²) in [4.78, 5) is 23.1. The molecule has 4 nitrogen and oxygen atoms in total. The van der Waals surface area contributed by atoms with Crippen molar-refractivity contribution < 1.29 is 9.59 Å². The van der Waals surface area contributed by atoms with Gasteiger partial charge in [0.1, 0.15) is 6.04 Å². The highest BCUT2D eigenvalue weighted by atomic mass is 32.2. The van der Waals surface area contributed by atoms with Crippen molar-refractivity contribution in [3.63, 3.8) is 0 Å². The zero-order valence-corrected chi connectivity index (χ0v) is 11.0. The highest BCUT2D eigenvalue weighted by Gasteiger charge is 2.24. The summed E-state index contributed by atoms with van der Waals surface area (Å²) in [6.07, 6.45) is 0. The van der Waals surface area contributed by atoms with Crippen LogP contribution in [-0.4, -0.2) is 29.4 Å². The average molecular weight is 264 g/mol. The molecule has 1 unspecified atom stereocenters. The molecule has 2 amide bonds. The normalized spacial score (nSPS) is 19.2. The number of rotatable bonds is 3. The Morgan fingerprint density at radius 1 is 1.50 bits per heavy atom. The maximum atomic E-state index is 11.9. The molecule has 1 heterocycles. The van der Waals surface area contributed by atoms with Gasteiger partial charge in [-0.2, -0.15) is 0 Å². The maximum Gasteiger partial charge on any atom is 0.243 e. The Balaban J connectivity index is 1.88. The molecule has 1 saturated heterocycles. The molecule has 0 radical (unpaired) electrons. The Kier molecular flexibility index (Phi) is 4.25. The average Bonchev–Trinajstić information content (AvgIpc) is 2.37. The lowest BCUT2D eigenvalue weighted by molar-refractivity contribution is -0.127. The summed E-state index contributed by atoms with van der Waals surface area (Å²) in [5, 5.41) is 5.56. The largest absolute Gasteiger partial charge is 0.350 e. The van der Waals surface area contributed by atoms with Crippen LogP contribution in [0.5, 0.6) is 0 Å². The van der Waals surface area contributed by atoms with E-state index in [4.69, 9.17) is 0 Å². The van der Waals surface area contributed by atoms with Gasteiger partial charge in [-0.05, 0) is 18.1 Å². The summed E-state index contributed by atoms with van der Waals surface area (Å²) in [5.41, 5.74) is 2.25. The second-order valence-electron chi connectivity index (χ2n) is 4.28. The van der Waals surface area contributed by atoms with Crippen LogP contribution in [0.2, 0.25) is 0 Å². The molecule has 0 saturated carbocycles. The minimum absolute atomic E-state index is 0.0673. The molecule has 1 aromatic carbocycles. The van der Waals surface area contributed by atoms with Crippen LogP contribution in [-0.2, 0) is 16.1 Å². The molecule has 1 aromatic rings. The third kappa shape index (κ3) is 3.26.